The molecule has 2 unspecified atom stereocenters. The predicted octanol–water partition coefficient (Wildman–Crippen LogP) is 1.17. The lowest BCUT2D eigenvalue weighted by atomic mass is 9.86. The van der Waals surface area contributed by atoms with E-state index < -0.39 is 23.7 Å². The number of ether oxygens (including phenoxy) is 1. The van der Waals surface area contributed by atoms with Crippen molar-refractivity contribution in [2.24, 2.45) is 5.92 Å². The van der Waals surface area contributed by atoms with Crippen LogP contribution in [0.4, 0.5) is 0 Å². The van der Waals surface area contributed by atoms with Crippen molar-refractivity contribution in [2.45, 2.75) is 19.9 Å². The molecule has 2 saturated heterocycles. The van der Waals surface area contributed by atoms with Crippen molar-refractivity contribution in [3.63, 3.8) is 0 Å². The third-order valence-electron chi connectivity index (χ3n) is 6.35. The highest BCUT2D eigenvalue weighted by molar-refractivity contribution is 6.44. The number of hydrogen-bond acceptors (Lipinski definition) is 4. The number of morpholine rings is 1. The fourth-order valence-electron chi connectivity index (χ4n) is 4.45. The maximum Gasteiger partial charge on any atom is 0.291 e. The summed E-state index contributed by atoms with van der Waals surface area (Å²) in [5.41, 5.74) is 3.42. The van der Waals surface area contributed by atoms with E-state index >= 15 is 0 Å². The highest BCUT2D eigenvalue weighted by Gasteiger charge is 2.51. The zero-order chi connectivity index (χ0) is 22.0. The van der Waals surface area contributed by atoms with Crippen LogP contribution in [0.1, 0.15) is 33.1 Å². The smallest absolute Gasteiger partial charge is 0.291 e. The van der Waals surface area contributed by atoms with Crippen LogP contribution in [-0.2, 0) is 14.3 Å². The van der Waals surface area contributed by atoms with Crippen LogP contribution < -0.4 is 4.90 Å². The lowest BCUT2D eigenvalue weighted by Crippen LogP contribution is -3.14. The molecule has 0 aliphatic carbocycles. The summed E-state index contributed by atoms with van der Waals surface area (Å²) in [6.07, 6.45) is 0. The van der Waals surface area contributed by atoms with Crippen molar-refractivity contribution >= 4 is 17.5 Å². The van der Waals surface area contributed by atoms with E-state index in [1.54, 1.807) is 17.0 Å². The number of rotatable bonds is 6. The van der Waals surface area contributed by atoms with Crippen molar-refractivity contribution in [1.29, 1.82) is 0 Å². The number of quaternary nitrogens is 1. The number of hydrogen-bond donors (Lipinski definition) is 1. The highest BCUT2D eigenvalue weighted by Crippen LogP contribution is 2.38. The molecule has 31 heavy (non-hydrogen) atoms. The van der Waals surface area contributed by atoms with E-state index in [2.05, 4.69) is 0 Å². The number of aryl methyl sites for hydroxylation is 2. The molecule has 2 heterocycles. The van der Waals surface area contributed by atoms with Gasteiger partial charge in [0.25, 0.3) is 5.91 Å². The molecule has 6 nitrogen and oxygen atoms in total. The number of benzene rings is 2. The summed E-state index contributed by atoms with van der Waals surface area (Å²) < 4.78 is 5.42. The highest BCUT2D eigenvalue weighted by atomic mass is 16.5. The summed E-state index contributed by atoms with van der Waals surface area (Å²) in [5.74, 6) is -2.46. The second kappa shape index (κ2) is 9.12. The topological polar surface area (TPSA) is 68.1 Å². The molecule has 2 aliphatic heterocycles. The van der Waals surface area contributed by atoms with Crippen molar-refractivity contribution in [1.82, 2.24) is 4.90 Å². The third-order valence-corrected chi connectivity index (χ3v) is 6.35. The van der Waals surface area contributed by atoms with Crippen LogP contribution in [0.15, 0.2) is 48.5 Å². The molecule has 1 N–H and O–H groups in total. The van der Waals surface area contributed by atoms with E-state index in [1.165, 1.54) is 4.90 Å². The van der Waals surface area contributed by atoms with Gasteiger partial charge in [-0.3, -0.25) is 14.4 Å². The minimum atomic E-state index is -1.02. The number of nitrogens with zero attached hydrogens (tertiary/aromatic N) is 1. The Labute approximate surface area is 182 Å². The molecule has 2 atom stereocenters. The Hall–Kier alpha value is -2.83. The molecule has 6 heteroatoms. The Morgan fingerprint density at radius 3 is 2.16 bits per heavy atom. The van der Waals surface area contributed by atoms with Gasteiger partial charge in [-0.1, -0.05) is 59.7 Å². The molecular formula is C25H29N2O4+. The summed E-state index contributed by atoms with van der Waals surface area (Å²) in [7, 11) is 0. The van der Waals surface area contributed by atoms with Gasteiger partial charge in [0, 0.05) is 5.56 Å². The lowest BCUT2D eigenvalue weighted by molar-refractivity contribution is -0.907. The van der Waals surface area contributed by atoms with E-state index in [4.69, 9.17) is 4.74 Å². The summed E-state index contributed by atoms with van der Waals surface area (Å²) in [6, 6.07) is 14.4. The van der Waals surface area contributed by atoms with Gasteiger partial charge in [0.2, 0.25) is 5.78 Å². The number of nitrogens with one attached hydrogen (secondary N) is 1. The molecule has 162 valence electrons. The fourth-order valence-corrected chi connectivity index (χ4v) is 4.45. The molecule has 2 aromatic rings. The number of amides is 1. The first kappa shape index (κ1) is 21.4. The summed E-state index contributed by atoms with van der Waals surface area (Å²) in [6.45, 7) is 8.29. The standard InChI is InChI=1S/C25H28N2O4/c1-17-3-7-19(8-4-17)22-21(23(28)20-9-5-18(2)6-10-20)24(29)25(30)27(22)12-11-26-13-15-31-16-14-26/h3-10,21-22H,11-16H2,1-2H3/p+1. The van der Waals surface area contributed by atoms with Crippen molar-refractivity contribution in [3.05, 3.63) is 70.8 Å². The molecule has 0 bridgehead atoms. The minimum Gasteiger partial charge on any atom is -0.370 e. The number of ketones is 2. The average Bonchev–Trinajstić information content (AvgIpc) is 3.04. The van der Waals surface area contributed by atoms with Crippen LogP contribution in [0, 0.1) is 19.8 Å². The van der Waals surface area contributed by atoms with Gasteiger partial charge in [0.15, 0.2) is 5.78 Å². The molecule has 2 aliphatic rings. The summed E-state index contributed by atoms with van der Waals surface area (Å²) >= 11 is 0. The van der Waals surface area contributed by atoms with E-state index in [0.717, 1.165) is 36.3 Å². The Bertz CT molecular complexity index is 962. The number of carbonyl (C=O) groups is 3. The molecule has 4 rings (SSSR count). The van der Waals surface area contributed by atoms with Gasteiger partial charge in [-0.15, -0.1) is 0 Å². The van der Waals surface area contributed by atoms with Crippen LogP contribution in [0.2, 0.25) is 0 Å². The molecule has 0 saturated carbocycles. The maximum atomic E-state index is 13.4. The number of carbonyl (C=O) groups excluding carboxylic acids is 3. The molecule has 0 aromatic heterocycles. The Morgan fingerprint density at radius 2 is 1.55 bits per heavy atom. The van der Waals surface area contributed by atoms with Crippen molar-refractivity contribution in [2.75, 3.05) is 39.4 Å². The maximum absolute atomic E-state index is 13.4. The molecule has 2 aromatic carbocycles. The van der Waals surface area contributed by atoms with Crippen molar-refractivity contribution in [3.8, 4) is 0 Å². The quantitative estimate of drug-likeness (QED) is 0.432. The zero-order valence-electron chi connectivity index (χ0n) is 18.1. The van der Waals surface area contributed by atoms with Gasteiger partial charge < -0.3 is 14.5 Å². The normalized spacial score (nSPS) is 22.2. The predicted molar refractivity (Wildman–Crippen MR) is 116 cm³/mol. The second-order valence-electron chi connectivity index (χ2n) is 8.54. The minimum absolute atomic E-state index is 0.287. The van der Waals surface area contributed by atoms with Gasteiger partial charge in [-0.2, -0.15) is 0 Å². The Kier molecular flexibility index (Phi) is 6.30. The second-order valence-corrected chi connectivity index (χ2v) is 8.54. The fraction of sp³-hybridized carbons (Fsp3) is 0.400. The van der Waals surface area contributed by atoms with Crippen LogP contribution in [-0.4, -0.2) is 61.8 Å². The first-order valence-electron chi connectivity index (χ1n) is 10.9. The van der Waals surface area contributed by atoms with Crippen LogP contribution >= 0.6 is 0 Å². The van der Waals surface area contributed by atoms with Gasteiger partial charge in [-0.25, -0.2) is 0 Å². The Balaban J connectivity index is 1.65. The van der Waals surface area contributed by atoms with E-state index in [9.17, 15) is 14.4 Å². The monoisotopic (exact) mass is 421 g/mol. The Morgan fingerprint density at radius 1 is 0.968 bits per heavy atom. The van der Waals surface area contributed by atoms with Crippen LogP contribution in [0.25, 0.3) is 0 Å². The molecule has 1 amide bonds. The third kappa shape index (κ3) is 4.45. The summed E-state index contributed by atoms with van der Waals surface area (Å²) in [5, 5.41) is 0. The first-order chi connectivity index (χ1) is 15.0. The van der Waals surface area contributed by atoms with E-state index in [-0.39, 0.29) is 5.78 Å². The molecular weight excluding hydrogens is 392 g/mol. The molecule has 0 spiro atoms. The SMILES string of the molecule is Cc1ccc(C(=O)C2C(=O)C(=O)N(CC[NH+]3CCOCC3)C2c2ccc(C)cc2)cc1. The van der Waals surface area contributed by atoms with Gasteiger partial charge in [0.1, 0.15) is 19.0 Å². The van der Waals surface area contributed by atoms with Crippen LogP contribution in [0.3, 0.4) is 0 Å². The number of likely N-dealkylation sites (tertiary alicyclic amines) is 1. The zero-order valence-corrected chi connectivity index (χ0v) is 18.1. The van der Waals surface area contributed by atoms with E-state index in [0.29, 0.717) is 25.3 Å². The van der Waals surface area contributed by atoms with Crippen LogP contribution in [0.5, 0.6) is 0 Å². The van der Waals surface area contributed by atoms with E-state index in [1.807, 2.05) is 50.2 Å². The van der Waals surface area contributed by atoms with Gasteiger partial charge in [-0.05, 0) is 19.4 Å². The lowest BCUT2D eigenvalue weighted by Gasteiger charge is -2.30. The summed E-state index contributed by atoms with van der Waals surface area (Å²) in [4.78, 5) is 42.4. The molecule has 2 fully saturated rings. The largest absolute Gasteiger partial charge is 0.370 e. The average molecular weight is 422 g/mol. The van der Waals surface area contributed by atoms with Gasteiger partial charge >= 0.3 is 0 Å². The van der Waals surface area contributed by atoms with Crippen molar-refractivity contribution < 1.29 is 24.0 Å². The number of Topliss-reactive ketones (excluding diaryl/α,β-unsaturated/α-hetero) is 2. The first-order valence-corrected chi connectivity index (χ1v) is 10.9. The van der Waals surface area contributed by atoms with Gasteiger partial charge in [0.05, 0.1) is 32.3 Å². The molecule has 0 radical (unpaired) electrons.